The van der Waals surface area contributed by atoms with E-state index in [2.05, 4.69) is 10.4 Å². The second-order valence-electron chi connectivity index (χ2n) is 5.71. The van der Waals surface area contributed by atoms with Gasteiger partial charge in [0.15, 0.2) is 0 Å². The van der Waals surface area contributed by atoms with Gasteiger partial charge in [-0.1, -0.05) is 26.2 Å². The largest absolute Gasteiger partial charge is 0.480 e. The van der Waals surface area contributed by atoms with Crippen LogP contribution in [-0.2, 0) is 11.8 Å². The number of carbonyl (C=O) groups excluding carboxylic acids is 1. The number of carboxylic acids is 1. The maximum Gasteiger partial charge on any atom is 0.326 e. The Kier molecular flexibility index (Phi) is 4.98. The second kappa shape index (κ2) is 6.74. The van der Waals surface area contributed by atoms with E-state index in [1.54, 1.807) is 24.9 Å². The van der Waals surface area contributed by atoms with Crippen LogP contribution in [0.3, 0.4) is 0 Å². The Labute approximate surface area is 124 Å². The van der Waals surface area contributed by atoms with Gasteiger partial charge < -0.3 is 10.4 Å². The number of nitrogens with zero attached hydrogens (tertiary/aromatic N) is 2. The third-order valence-electron chi connectivity index (χ3n) is 4.11. The smallest absolute Gasteiger partial charge is 0.326 e. The van der Waals surface area contributed by atoms with E-state index in [0.717, 1.165) is 31.4 Å². The monoisotopic (exact) mass is 293 g/mol. The highest BCUT2D eigenvalue weighted by molar-refractivity contribution is 5.97. The normalized spacial score (nSPS) is 17.4. The van der Waals surface area contributed by atoms with Gasteiger partial charge in [-0.2, -0.15) is 5.10 Å². The van der Waals surface area contributed by atoms with Crippen LogP contribution < -0.4 is 5.32 Å². The van der Waals surface area contributed by atoms with Crippen LogP contribution in [0.5, 0.6) is 0 Å². The van der Waals surface area contributed by atoms with E-state index in [1.165, 1.54) is 6.42 Å². The molecule has 2 rings (SSSR count). The number of aryl methyl sites for hydroxylation is 1. The van der Waals surface area contributed by atoms with Gasteiger partial charge in [-0.05, 0) is 19.3 Å². The first kappa shape index (κ1) is 15.5. The molecule has 1 aliphatic carbocycles. The van der Waals surface area contributed by atoms with Gasteiger partial charge in [-0.3, -0.25) is 9.48 Å². The lowest BCUT2D eigenvalue weighted by molar-refractivity contribution is -0.139. The molecule has 0 spiro atoms. The van der Waals surface area contributed by atoms with Crippen molar-refractivity contribution in [3.63, 3.8) is 0 Å². The fourth-order valence-electron chi connectivity index (χ4n) is 2.93. The van der Waals surface area contributed by atoms with Crippen LogP contribution in [0.1, 0.15) is 67.4 Å². The highest BCUT2D eigenvalue weighted by Gasteiger charge is 2.27. The van der Waals surface area contributed by atoms with Gasteiger partial charge in [0.25, 0.3) is 5.91 Å². The van der Waals surface area contributed by atoms with Crippen LogP contribution in [0.4, 0.5) is 0 Å². The zero-order valence-electron chi connectivity index (χ0n) is 12.6. The number of amides is 1. The maximum absolute atomic E-state index is 12.4. The van der Waals surface area contributed by atoms with Crippen molar-refractivity contribution in [2.45, 2.75) is 57.4 Å². The number of aromatic nitrogens is 2. The molecule has 1 aliphatic rings. The van der Waals surface area contributed by atoms with E-state index in [0.29, 0.717) is 17.9 Å². The van der Waals surface area contributed by atoms with Crippen LogP contribution in [0.2, 0.25) is 0 Å². The maximum atomic E-state index is 12.4. The van der Waals surface area contributed by atoms with E-state index in [4.69, 9.17) is 5.11 Å². The summed E-state index contributed by atoms with van der Waals surface area (Å²) >= 11 is 0. The van der Waals surface area contributed by atoms with Gasteiger partial charge in [0, 0.05) is 19.2 Å². The first-order valence-corrected chi connectivity index (χ1v) is 7.60. The lowest BCUT2D eigenvalue weighted by atomic mass is 9.85. The number of carboxylic acid groups (broad SMARTS) is 1. The van der Waals surface area contributed by atoms with Crippen molar-refractivity contribution in [1.29, 1.82) is 0 Å². The van der Waals surface area contributed by atoms with Crippen molar-refractivity contribution >= 4 is 11.9 Å². The first-order chi connectivity index (χ1) is 10.0. The molecule has 1 fully saturated rings. The molecule has 1 aromatic heterocycles. The standard InChI is InChI=1S/C15H23N3O3/c1-3-12(15(20)21)16-14(19)11-9-18(2)17-13(11)10-7-5-4-6-8-10/h9-10,12H,3-8H2,1-2H3,(H,16,19)(H,20,21). The van der Waals surface area contributed by atoms with E-state index in [-0.39, 0.29) is 5.91 Å². The molecule has 2 N–H and O–H groups in total. The highest BCUT2D eigenvalue weighted by Crippen LogP contribution is 2.33. The van der Waals surface area contributed by atoms with Gasteiger partial charge in [0.05, 0.1) is 11.3 Å². The van der Waals surface area contributed by atoms with Crippen molar-refractivity contribution < 1.29 is 14.7 Å². The Hall–Kier alpha value is -1.85. The van der Waals surface area contributed by atoms with E-state index >= 15 is 0 Å². The van der Waals surface area contributed by atoms with Crippen molar-refractivity contribution in [2.24, 2.45) is 7.05 Å². The summed E-state index contributed by atoms with van der Waals surface area (Å²) in [5.74, 6) is -1.03. The Balaban J connectivity index is 2.18. The minimum absolute atomic E-state index is 0.311. The summed E-state index contributed by atoms with van der Waals surface area (Å²) in [6.45, 7) is 1.74. The Morgan fingerprint density at radius 2 is 2.10 bits per heavy atom. The molecule has 116 valence electrons. The molecule has 1 unspecified atom stereocenters. The molecule has 0 radical (unpaired) electrons. The number of aliphatic carboxylic acids is 1. The predicted octanol–water partition coefficient (Wildman–Crippen LogP) is 2.06. The number of nitrogens with one attached hydrogen (secondary N) is 1. The molecule has 21 heavy (non-hydrogen) atoms. The van der Waals surface area contributed by atoms with Gasteiger partial charge >= 0.3 is 5.97 Å². The molecule has 6 heteroatoms. The number of hydrogen-bond donors (Lipinski definition) is 2. The topological polar surface area (TPSA) is 84.2 Å². The summed E-state index contributed by atoms with van der Waals surface area (Å²) < 4.78 is 1.64. The van der Waals surface area contributed by atoms with Crippen molar-refractivity contribution in [2.75, 3.05) is 0 Å². The molecule has 0 aromatic carbocycles. The van der Waals surface area contributed by atoms with Crippen molar-refractivity contribution in [3.05, 3.63) is 17.5 Å². The molecule has 1 aromatic rings. The van der Waals surface area contributed by atoms with Crippen LogP contribution in [0.15, 0.2) is 6.20 Å². The van der Waals surface area contributed by atoms with Crippen molar-refractivity contribution in [1.82, 2.24) is 15.1 Å². The third-order valence-corrected chi connectivity index (χ3v) is 4.11. The number of carbonyl (C=O) groups is 2. The lowest BCUT2D eigenvalue weighted by Gasteiger charge is -2.21. The molecule has 0 saturated heterocycles. The average Bonchev–Trinajstić information content (AvgIpc) is 2.87. The summed E-state index contributed by atoms with van der Waals surface area (Å²) in [5.41, 5.74) is 1.33. The van der Waals surface area contributed by atoms with Crippen LogP contribution in [0.25, 0.3) is 0 Å². The van der Waals surface area contributed by atoms with Gasteiger partial charge in [-0.25, -0.2) is 4.79 Å². The van der Waals surface area contributed by atoms with Gasteiger partial charge in [0.2, 0.25) is 0 Å². The second-order valence-corrected chi connectivity index (χ2v) is 5.71. The Bertz CT molecular complexity index is 518. The molecule has 6 nitrogen and oxygen atoms in total. The average molecular weight is 293 g/mol. The Morgan fingerprint density at radius 1 is 1.43 bits per heavy atom. The molecule has 1 saturated carbocycles. The fourth-order valence-corrected chi connectivity index (χ4v) is 2.93. The fraction of sp³-hybridized carbons (Fsp3) is 0.667. The van der Waals surface area contributed by atoms with Gasteiger partial charge in [-0.15, -0.1) is 0 Å². The predicted molar refractivity (Wildman–Crippen MR) is 78.2 cm³/mol. The van der Waals surface area contributed by atoms with Crippen LogP contribution in [-0.4, -0.2) is 32.8 Å². The number of hydrogen-bond acceptors (Lipinski definition) is 3. The van der Waals surface area contributed by atoms with Crippen LogP contribution >= 0.6 is 0 Å². The molecule has 1 heterocycles. The molecule has 0 aliphatic heterocycles. The van der Waals surface area contributed by atoms with E-state index in [9.17, 15) is 9.59 Å². The quantitative estimate of drug-likeness (QED) is 0.870. The zero-order valence-corrected chi connectivity index (χ0v) is 12.6. The summed E-state index contributed by atoms with van der Waals surface area (Å²) in [4.78, 5) is 23.4. The van der Waals surface area contributed by atoms with E-state index in [1.807, 2.05) is 0 Å². The minimum Gasteiger partial charge on any atom is -0.480 e. The third kappa shape index (κ3) is 3.62. The summed E-state index contributed by atoms with van der Waals surface area (Å²) in [7, 11) is 1.79. The highest BCUT2D eigenvalue weighted by atomic mass is 16.4. The summed E-state index contributed by atoms with van der Waals surface area (Å²) in [6, 6.07) is -0.850. The first-order valence-electron chi connectivity index (χ1n) is 7.60. The molecule has 1 atom stereocenters. The SMILES string of the molecule is CCC(NC(=O)c1cn(C)nc1C1CCCCC1)C(=O)O. The summed E-state index contributed by atoms with van der Waals surface area (Å²) in [6.07, 6.45) is 7.71. The van der Waals surface area contributed by atoms with Gasteiger partial charge in [0.1, 0.15) is 6.04 Å². The molecule has 0 bridgehead atoms. The van der Waals surface area contributed by atoms with Crippen molar-refractivity contribution in [3.8, 4) is 0 Å². The zero-order chi connectivity index (χ0) is 15.4. The Morgan fingerprint density at radius 3 is 2.67 bits per heavy atom. The summed E-state index contributed by atoms with van der Waals surface area (Å²) in [5, 5.41) is 16.1. The van der Waals surface area contributed by atoms with Crippen LogP contribution in [0, 0.1) is 0 Å². The molecular formula is C15H23N3O3. The lowest BCUT2D eigenvalue weighted by Crippen LogP contribution is -2.40. The minimum atomic E-state index is -1.01. The molecular weight excluding hydrogens is 270 g/mol. The number of rotatable bonds is 5. The molecule has 1 amide bonds. The van der Waals surface area contributed by atoms with E-state index < -0.39 is 12.0 Å².